The molecule has 1 aliphatic heterocycles. The molecule has 1 fully saturated rings. The normalized spacial score (nSPS) is 18.1. The number of hydrogen-bond acceptors (Lipinski definition) is 6. The summed E-state index contributed by atoms with van der Waals surface area (Å²) in [5, 5.41) is 4.96. The molecule has 2 aromatic carbocycles. The number of esters is 1. The van der Waals surface area contributed by atoms with E-state index in [0.717, 1.165) is 6.26 Å². The zero-order valence-corrected chi connectivity index (χ0v) is 20.9. The summed E-state index contributed by atoms with van der Waals surface area (Å²) in [5.74, 6) is -1.38. The van der Waals surface area contributed by atoms with E-state index < -0.39 is 46.0 Å². The minimum absolute atomic E-state index is 0.0826. The first-order valence-corrected chi connectivity index (χ1v) is 13.3. The topological polar surface area (TPSA) is 102 Å². The van der Waals surface area contributed by atoms with Gasteiger partial charge in [0.1, 0.15) is 12.1 Å². The first-order chi connectivity index (χ1) is 16.8. The number of amides is 1. The van der Waals surface area contributed by atoms with E-state index in [1.807, 2.05) is 0 Å². The fraction of sp³-hybridized carbons (Fsp3) is 0.440. The highest BCUT2D eigenvalue weighted by molar-refractivity contribution is 7.90. The molecule has 0 saturated carbocycles. The second-order valence-electron chi connectivity index (χ2n) is 9.26. The largest absolute Gasteiger partial charge is 0.464 e. The third-order valence-corrected chi connectivity index (χ3v) is 6.96. The molecule has 11 heteroatoms. The van der Waals surface area contributed by atoms with Crippen LogP contribution in [0.2, 0.25) is 0 Å². The van der Waals surface area contributed by atoms with Crippen molar-refractivity contribution in [3.63, 3.8) is 0 Å². The molecule has 3 atom stereocenters. The monoisotopic (exact) mass is 526 g/mol. The highest BCUT2D eigenvalue weighted by atomic mass is 32.2. The molecule has 3 rings (SSSR count). The van der Waals surface area contributed by atoms with Gasteiger partial charge in [-0.3, -0.25) is 10.1 Å². The van der Waals surface area contributed by atoms with E-state index in [0.29, 0.717) is 11.1 Å². The van der Waals surface area contributed by atoms with Crippen LogP contribution in [0.4, 0.5) is 13.2 Å². The molecule has 0 radical (unpaired) electrons. The second kappa shape index (κ2) is 11.0. The van der Waals surface area contributed by atoms with Crippen LogP contribution < -0.4 is 10.6 Å². The number of ether oxygens (including phenoxy) is 1. The van der Waals surface area contributed by atoms with Gasteiger partial charge in [0.15, 0.2) is 9.84 Å². The first kappa shape index (κ1) is 27.7. The third-order valence-electron chi connectivity index (χ3n) is 5.83. The van der Waals surface area contributed by atoms with Crippen LogP contribution in [0.1, 0.15) is 38.3 Å². The number of alkyl halides is 3. The zero-order valence-electron chi connectivity index (χ0n) is 20.1. The second-order valence-corrected chi connectivity index (χ2v) is 11.3. The summed E-state index contributed by atoms with van der Waals surface area (Å²) in [4.78, 5) is 24.7. The van der Waals surface area contributed by atoms with Gasteiger partial charge >= 0.3 is 12.1 Å². The van der Waals surface area contributed by atoms with Gasteiger partial charge in [0.25, 0.3) is 0 Å². The molecule has 2 aromatic rings. The van der Waals surface area contributed by atoms with Crippen molar-refractivity contribution >= 4 is 21.7 Å². The van der Waals surface area contributed by atoms with Crippen molar-refractivity contribution in [1.82, 2.24) is 10.6 Å². The number of cyclic esters (lactones) is 1. The number of hydrogen-bond donors (Lipinski definition) is 2. The average molecular weight is 527 g/mol. The van der Waals surface area contributed by atoms with Crippen molar-refractivity contribution in [2.75, 3.05) is 12.9 Å². The number of halogens is 3. The van der Waals surface area contributed by atoms with Crippen LogP contribution in [0.3, 0.4) is 0 Å². The van der Waals surface area contributed by atoms with Gasteiger partial charge in [-0.1, -0.05) is 50.2 Å². The Morgan fingerprint density at radius 3 is 2.06 bits per heavy atom. The highest BCUT2D eigenvalue weighted by Crippen LogP contribution is 2.35. The summed E-state index contributed by atoms with van der Waals surface area (Å²) in [5.41, 5.74) is 1.17. The lowest BCUT2D eigenvalue weighted by Crippen LogP contribution is -2.52. The Morgan fingerprint density at radius 1 is 1.06 bits per heavy atom. The minimum atomic E-state index is -4.69. The van der Waals surface area contributed by atoms with Crippen LogP contribution in [0, 0.1) is 5.92 Å². The molecule has 1 heterocycles. The highest BCUT2D eigenvalue weighted by Gasteiger charge is 2.43. The molecule has 0 bridgehead atoms. The fourth-order valence-corrected chi connectivity index (χ4v) is 4.60. The van der Waals surface area contributed by atoms with Crippen LogP contribution in [0.25, 0.3) is 11.1 Å². The molecule has 2 N–H and O–H groups in total. The molecule has 0 spiro atoms. The molecule has 7 nitrogen and oxygen atoms in total. The van der Waals surface area contributed by atoms with Crippen LogP contribution in [0.5, 0.6) is 0 Å². The lowest BCUT2D eigenvalue weighted by atomic mass is 9.97. The van der Waals surface area contributed by atoms with Crippen LogP contribution >= 0.6 is 0 Å². The molecule has 0 aromatic heterocycles. The molecule has 1 saturated heterocycles. The molecule has 36 heavy (non-hydrogen) atoms. The Balaban J connectivity index is 1.82. The molecule has 3 unspecified atom stereocenters. The van der Waals surface area contributed by atoms with Crippen LogP contribution in [-0.4, -0.2) is 51.4 Å². The summed E-state index contributed by atoms with van der Waals surface area (Å²) in [6.45, 7) is 3.73. The Kier molecular flexibility index (Phi) is 8.45. The van der Waals surface area contributed by atoms with Crippen molar-refractivity contribution in [3.05, 3.63) is 54.1 Å². The summed E-state index contributed by atoms with van der Waals surface area (Å²) in [7, 11) is -3.37. The molecule has 0 aliphatic carbocycles. The summed E-state index contributed by atoms with van der Waals surface area (Å²) in [6, 6.07) is 7.54. The molecular formula is C25H29F3N2O5S. The predicted molar refractivity (Wildman–Crippen MR) is 128 cm³/mol. The van der Waals surface area contributed by atoms with Crippen molar-refractivity contribution < 1.29 is 35.9 Å². The third kappa shape index (κ3) is 7.07. The Morgan fingerprint density at radius 2 is 1.61 bits per heavy atom. The standard InChI is InChI=1S/C25H29F3N2O5S/c1-15(2)14-21(23(31)30-20-12-13-35-24(20)32)29-22(25(26,27)28)18-6-4-16(5-7-18)17-8-10-19(11-9-17)36(3,33)34/h4-11,15,20-22,29H,12-14H2,1-3H3,(H,30,31). The van der Waals surface area contributed by atoms with Crippen molar-refractivity contribution in [3.8, 4) is 11.1 Å². The number of benzene rings is 2. The SMILES string of the molecule is CC(C)CC(NC(c1ccc(-c2ccc(S(C)(=O)=O)cc2)cc1)C(F)(F)F)C(=O)NC1CCOC1=O. The lowest BCUT2D eigenvalue weighted by molar-refractivity contribution is -0.161. The van der Waals surface area contributed by atoms with Gasteiger partial charge in [0.05, 0.1) is 17.5 Å². The van der Waals surface area contributed by atoms with E-state index in [1.165, 1.54) is 36.4 Å². The van der Waals surface area contributed by atoms with Crippen molar-refractivity contribution in [2.24, 2.45) is 5.92 Å². The summed E-state index contributed by atoms with van der Waals surface area (Å²) < 4.78 is 70.4. The average Bonchev–Trinajstić information content (AvgIpc) is 3.19. The summed E-state index contributed by atoms with van der Waals surface area (Å²) in [6.07, 6.45) is -3.20. The maximum Gasteiger partial charge on any atom is 0.407 e. The lowest BCUT2D eigenvalue weighted by Gasteiger charge is -2.29. The molecule has 1 amide bonds. The van der Waals surface area contributed by atoms with Gasteiger partial charge in [-0.15, -0.1) is 0 Å². The maximum absolute atomic E-state index is 14.1. The Hall–Kier alpha value is -2.92. The van der Waals surface area contributed by atoms with Gasteiger partial charge in [-0.05, 0) is 41.2 Å². The number of carbonyl (C=O) groups excluding carboxylic acids is 2. The number of nitrogens with one attached hydrogen (secondary N) is 2. The van der Waals surface area contributed by atoms with Crippen LogP contribution in [-0.2, 0) is 24.2 Å². The van der Waals surface area contributed by atoms with Gasteiger partial charge < -0.3 is 10.1 Å². The van der Waals surface area contributed by atoms with E-state index in [9.17, 15) is 31.2 Å². The van der Waals surface area contributed by atoms with Crippen molar-refractivity contribution in [1.29, 1.82) is 0 Å². The summed E-state index contributed by atoms with van der Waals surface area (Å²) >= 11 is 0. The van der Waals surface area contributed by atoms with Crippen LogP contribution in [0.15, 0.2) is 53.4 Å². The number of sulfone groups is 1. The minimum Gasteiger partial charge on any atom is -0.464 e. The molecule has 196 valence electrons. The van der Waals surface area contributed by atoms with Gasteiger partial charge in [0.2, 0.25) is 5.91 Å². The first-order valence-electron chi connectivity index (χ1n) is 11.5. The van der Waals surface area contributed by atoms with E-state index in [-0.39, 0.29) is 35.8 Å². The predicted octanol–water partition coefficient (Wildman–Crippen LogP) is 3.80. The zero-order chi connectivity index (χ0) is 26.7. The number of carbonyl (C=O) groups is 2. The molecular weight excluding hydrogens is 497 g/mol. The number of rotatable bonds is 9. The van der Waals surface area contributed by atoms with Gasteiger partial charge in [0, 0.05) is 12.7 Å². The van der Waals surface area contributed by atoms with Gasteiger partial charge in [-0.2, -0.15) is 13.2 Å². The van der Waals surface area contributed by atoms with E-state index in [4.69, 9.17) is 4.74 Å². The Bertz CT molecular complexity index is 1180. The van der Waals surface area contributed by atoms with Gasteiger partial charge in [-0.25, -0.2) is 13.2 Å². The maximum atomic E-state index is 14.1. The van der Waals surface area contributed by atoms with E-state index in [2.05, 4.69) is 10.6 Å². The van der Waals surface area contributed by atoms with E-state index >= 15 is 0 Å². The quantitative estimate of drug-likeness (QED) is 0.482. The van der Waals surface area contributed by atoms with Crippen molar-refractivity contribution in [2.45, 2.75) is 55.9 Å². The molecule has 1 aliphatic rings. The fourth-order valence-electron chi connectivity index (χ4n) is 3.96. The smallest absolute Gasteiger partial charge is 0.407 e. The van der Waals surface area contributed by atoms with E-state index in [1.54, 1.807) is 26.0 Å². The Labute approximate surface area is 208 Å².